The van der Waals surface area contributed by atoms with Crippen LogP contribution in [0.5, 0.6) is 0 Å². The van der Waals surface area contributed by atoms with Crippen molar-refractivity contribution in [1.82, 2.24) is 39.7 Å². The number of ether oxygens (including phenoxy) is 1. The molecule has 1 aliphatic heterocycles. The number of hydrogen-bond donors (Lipinski definition) is 4. The van der Waals surface area contributed by atoms with E-state index in [1.165, 1.54) is 41.6 Å². The summed E-state index contributed by atoms with van der Waals surface area (Å²) in [4.78, 5) is 45.9. The van der Waals surface area contributed by atoms with Crippen LogP contribution in [0.4, 0.5) is 5.82 Å². The Kier molecular flexibility index (Phi) is 6.32. The molecule has 34 heavy (non-hydrogen) atoms. The zero-order chi connectivity index (χ0) is 24.4. The van der Waals surface area contributed by atoms with E-state index in [9.17, 15) is 19.8 Å². The lowest BCUT2D eigenvalue weighted by Gasteiger charge is -2.16. The molecular formula is C20H21N9O5. The molecule has 0 aromatic carbocycles. The molecule has 14 nitrogen and oxygen atoms in total. The Morgan fingerprint density at radius 1 is 1.26 bits per heavy atom. The van der Waals surface area contributed by atoms with Gasteiger partial charge in [-0.25, -0.2) is 24.9 Å². The maximum Gasteiger partial charge on any atom is 0.257 e. The molecule has 2 amide bonds. The standard InChI is InChI=1S/C20H21N9O5/c1-22-18(32)15-13(30)14(31)20(34-15)29-9-25-12-16(21)26-11(27-17(12)29)4-3-5-28(2)19(33)10-6-23-8-24-7-10/h6-9,13-15,20,30-31H,5H2,1-2H3,(H,22,32)(H2,21,26,27)/t13-,14+,15-,20+/m0/s1. The second-order valence-corrected chi connectivity index (χ2v) is 7.39. The van der Waals surface area contributed by atoms with Gasteiger partial charge in [-0.3, -0.25) is 14.2 Å². The van der Waals surface area contributed by atoms with Crippen molar-refractivity contribution in [3.8, 4) is 11.8 Å². The monoisotopic (exact) mass is 467 g/mol. The van der Waals surface area contributed by atoms with Gasteiger partial charge in [0.25, 0.3) is 11.8 Å². The highest BCUT2D eigenvalue weighted by Gasteiger charge is 2.47. The molecule has 1 aliphatic rings. The van der Waals surface area contributed by atoms with E-state index in [0.717, 1.165) is 0 Å². The van der Waals surface area contributed by atoms with Gasteiger partial charge in [0, 0.05) is 26.5 Å². The van der Waals surface area contributed by atoms with E-state index >= 15 is 0 Å². The Hall–Kier alpha value is -4.19. The molecule has 5 N–H and O–H groups in total. The van der Waals surface area contributed by atoms with E-state index < -0.39 is 30.4 Å². The van der Waals surface area contributed by atoms with Gasteiger partial charge in [0.2, 0.25) is 5.82 Å². The first-order valence-electron chi connectivity index (χ1n) is 10.0. The number of nitrogens with zero attached hydrogens (tertiary/aromatic N) is 7. The first-order chi connectivity index (χ1) is 16.3. The summed E-state index contributed by atoms with van der Waals surface area (Å²) < 4.78 is 6.92. The number of likely N-dealkylation sites (N-methyl/N-ethyl adjacent to an activating group) is 1. The number of aliphatic hydroxyl groups is 2. The van der Waals surface area contributed by atoms with Crippen LogP contribution in [-0.2, 0) is 9.53 Å². The van der Waals surface area contributed by atoms with Gasteiger partial charge >= 0.3 is 0 Å². The van der Waals surface area contributed by atoms with E-state index in [1.54, 1.807) is 7.05 Å². The highest BCUT2D eigenvalue weighted by molar-refractivity contribution is 5.93. The molecule has 0 saturated carbocycles. The molecule has 3 aromatic rings. The summed E-state index contributed by atoms with van der Waals surface area (Å²) in [6, 6.07) is 0. The van der Waals surface area contributed by atoms with E-state index in [2.05, 4.69) is 42.1 Å². The summed E-state index contributed by atoms with van der Waals surface area (Å²) in [6.45, 7) is 0.0682. The first-order valence-corrected chi connectivity index (χ1v) is 10.0. The number of anilines is 1. The number of carbonyl (C=O) groups excluding carboxylic acids is 2. The number of carbonyl (C=O) groups is 2. The van der Waals surface area contributed by atoms with Crippen LogP contribution < -0.4 is 11.1 Å². The number of aliphatic hydroxyl groups excluding tert-OH is 2. The third-order valence-corrected chi connectivity index (χ3v) is 5.14. The third-order valence-electron chi connectivity index (χ3n) is 5.14. The Bertz CT molecular complexity index is 1290. The van der Waals surface area contributed by atoms with Gasteiger partial charge in [0.15, 0.2) is 23.8 Å². The number of hydrogen-bond acceptors (Lipinski definition) is 11. The number of imidazole rings is 1. The molecule has 4 atom stereocenters. The lowest BCUT2D eigenvalue weighted by Crippen LogP contribution is -2.41. The smallest absolute Gasteiger partial charge is 0.257 e. The fourth-order valence-electron chi connectivity index (χ4n) is 3.37. The van der Waals surface area contributed by atoms with Crippen LogP contribution in [0.1, 0.15) is 22.4 Å². The fourth-order valence-corrected chi connectivity index (χ4v) is 3.37. The molecule has 4 rings (SSSR count). The minimum atomic E-state index is -1.45. The molecule has 1 saturated heterocycles. The van der Waals surface area contributed by atoms with Crippen LogP contribution in [0.2, 0.25) is 0 Å². The van der Waals surface area contributed by atoms with E-state index in [1.807, 2.05) is 0 Å². The maximum atomic E-state index is 12.4. The Balaban J connectivity index is 1.57. The second kappa shape index (κ2) is 9.35. The van der Waals surface area contributed by atoms with Gasteiger partial charge in [0.1, 0.15) is 24.1 Å². The average molecular weight is 467 g/mol. The van der Waals surface area contributed by atoms with Crippen molar-refractivity contribution in [2.45, 2.75) is 24.5 Å². The van der Waals surface area contributed by atoms with Gasteiger partial charge in [-0.05, 0) is 5.92 Å². The molecule has 1 fully saturated rings. The molecule has 3 aromatic heterocycles. The van der Waals surface area contributed by atoms with Crippen LogP contribution in [0.3, 0.4) is 0 Å². The number of aromatic nitrogens is 6. The number of amides is 2. The zero-order valence-electron chi connectivity index (χ0n) is 18.2. The molecule has 0 spiro atoms. The molecule has 0 unspecified atom stereocenters. The van der Waals surface area contributed by atoms with Crippen LogP contribution in [0, 0.1) is 11.8 Å². The number of fused-ring (bicyclic) bond motifs is 1. The highest BCUT2D eigenvalue weighted by atomic mass is 16.6. The van der Waals surface area contributed by atoms with Crippen LogP contribution in [0.15, 0.2) is 25.0 Å². The van der Waals surface area contributed by atoms with Crippen LogP contribution in [0.25, 0.3) is 11.2 Å². The molecule has 176 valence electrons. The van der Waals surface area contributed by atoms with E-state index in [0.29, 0.717) is 5.56 Å². The first kappa shape index (κ1) is 23.0. The van der Waals surface area contributed by atoms with E-state index in [-0.39, 0.29) is 35.3 Å². The summed E-state index contributed by atoms with van der Waals surface area (Å²) >= 11 is 0. The molecule has 0 bridgehead atoms. The molecular weight excluding hydrogens is 446 g/mol. The van der Waals surface area contributed by atoms with Gasteiger partial charge in [0.05, 0.1) is 18.4 Å². The van der Waals surface area contributed by atoms with Crippen molar-refractivity contribution in [2.24, 2.45) is 0 Å². The molecule has 14 heteroatoms. The van der Waals surface area contributed by atoms with Gasteiger partial charge in [-0.15, -0.1) is 0 Å². The topological polar surface area (TPSA) is 194 Å². The average Bonchev–Trinajstić information content (AvgIpc) is 3.39. The Morgan fingerprint density at radius 2 is 2.00 bits per heavy atom. The third kappa shape index (κ3) is 4.22. The summed E-state index contributed by atoms with van der Waals surface area (Å²) in [5.74, 6) is 4.74. The predicted octanol–water partition coefficient (Wildman–Crippen LogP) is -2.31. The Morgan fingerprint density at radius 3 is 2.71 bits per heavy atom. The lowest BCUT2D eigenvalue weighted by atomic mass is 10.1. The van der Waals surface area contributed by atoms with Gasteiger partial charge in [-0.1, -0.05) is 5.92 Å². The van der Waals surface area contributed by atoms with Crippen molar-refractivity contribution in [2.75, 3.05) is 26.4 Å². The van der Waals surface area contributed by atoms with Crippen molar-refractivity contribution in [3.05, 3.63) is 36.4 Å². The van der Waals surface area contributed by atoms with Crippen molar-refractivity contribution >= 4 is 28.8 Å². The molecule has 0 radical (unpaired) electrons. The quantitative estimate of drug-likeness (QED) is 0.301. The maximum absolute atomic E-state index is 12.4. The van der Waals surface area contributed by atoms with Gasteiger partial charge in [-0.2, -0.15) is 0 Å². The normalized spacial score (nSPS) is 21.6. The number of nitrogen functional groups attached to an aromatic ring is 1. The van der Waals surface area contributed by atoms with Crippen molar-refractivity contribution in [3.63, 3.8) is 0 Å². The SMILES string of the molecule is CNC(=O)[C@H]1O[C@@H](n2cnc3c(N)nc(C#CCN(C)C(=O)c4cncnc4)nc32)[C@H](O)[C@@H]1O. The molecule has 4 heterocycles. The number of rotatable bonds is 4. The predicted molar refractivity (Wildman–Crippen MR) is 116 cm³/mol. The van der Waals surface area contributed by atoms with Gasteiger partial charge < -0.3 is 30.9 Å². The largest absolute Gasteiger partial charge is 0.387 e. The van der Waals surface area contributed by atoms with Crippen LogP contribution >= 0.6 is 0 Å². The fraction of sp³-hybridized carbons (Fsp3) is 0.350. The summed E-state index contributed by atoms with van der Waals surface area (Å²) in [7, 11) is 2.97. The number of nitrogens with one attached hydrogen (secondary N) is 1. The minimum absolute atomic E-state index is 0.0369. The lowest BCUT2D eigenvalue weighted by molar-refractivity contribution is -0.137. The summed E-state index contributed by atoms with van der Waals surface area (Å²) in [5, 5.41) is 23.0. The van der Waals surface area contributed by atoms with E-state index in [4.69, 9.17) is 10.5 Å². The van der Waals surface area contributed by atoms with Crippen molar-refractivity contribution < 1.29 is 24.5 Å². The highest BCUT2D eigenvalue weighted by Crippen LogP contribution is 2.32. The molecule has 0 aliphatic carbocycles. The van der Waals surface area contributed by atoms with Crippen molar-refractivity contribution in [1.29, 1.82) is 0 Å². The summed E-state index contributed by atoms with van der Waals surface area (Å²) in [6.07, 6.45) is 0.156. The zero-order valence-corrected chi connectivity index (χ0v) is 18.2. The minimum Gasteiger partial charge on any atom is -0.387 e. The number of nitrogens with two attached hydrogens (primary N) is 1. The Labute approximate surface area is 192 Å². The summed E-state index contributed by atoms with van der Waals surface area (Å²) in [5.41, 5.74) is 6.74. The second-order valence-electron chi connectivity index (χ2n) is 7.39. The van der Waals surface area contributed by atoms with Crippen LogP contribution in [-0.4, -0.2) is 95.4 Å².